The van der Waals surface area contributed by atoms with Crippen LogP contribution in [0, 0.1) is 0 Å². The summed E-state index contributed by atoms with van der Waals surface area (Å²) in [4.78, 5) is 31.8. The van der Waals surface area contributed by atoms with Crippen molar-refractivity contribution in [3.8, 4) is 11.3 Å². The van der Waals surface area contributed by atoms with E-state index in [-0.39, 0.29) is 17.6 Å². The molecule has 1 atom stereocenters. The third kappa shape index (κ3) is 3.42. The van der Waals surface area contributed by atoms with Crippen LogP contribution >= 0.6 is 0 Å². The molecule has 1 heterocycles. The third-order valence-corrected chi connectivity index (χ3v) is 4.71. The summed E-state index contributed by atoms with van der Waals surface area (Å²) in [7, 11) is 0. The molecule has 2 N–H and O–H groups in total. The van der Waals surface area contributed by atoms with Crippen LogP contribution in [0.2, 0.25) is 0 Å². The molecule has 6 heteroatoms. The Labute approximate surface area is 155 Å². The van der Waals surface area contributed by atoms with Gasteiger partial charge in [-0.25, -0.2) is 9.78 Å². The quantitative estimate of drug-likeness (QED) is 0.746. The fraction of sp³-hybridized carbons (Fsp3) is 0.143. The Bertz CT molecular complexity index is 1030. The minimum absolute atomic E-state index is 0.00693. The fourth-order valence-corrected chi connectivity index (χ4v) is 3.38. The van der Waals surface area contributed by atoms with Gasteiger partial charge < -0.3 is 10.4 Å². The summed E-state index contributed by atoms with van der Waals surface area (Å²) in [5.74, 6) is -1.31. The van der Waals surface area contributed by atoms with Gasteiger partial charge in [-0.3, -0.25) is 9.78 Å². The maximum absolute atomic E-state index is 12.7. The van der Waals surface area contributed by atoms with Crippen LogP contribution < -0.4 is 5.32 Å². The maximum Gasteiger partial charge on any atom is 0.356 e. The van der Waals surface area contributed by atoms with Crippen molar-refractivity contribution in [1.82, 2.24) is 15.3 Å². The smallest absolute Gasteiger partial charge is 0.356 e. The molecule has 134 valence electrons. The molecule has 3 aromatic rings. The summed E-state index contributed by atoms with van der Waals surface area (Å²) in [5.41, 5.74) is 3.87. The van der Waals surface area contributed by atoms with Gasteiger partial charge >= 0.3 is 5.97 Å². The summed E-state index contributed by atoms with van der Waals surface area (Å²) in [5, 5.41) is 12.2. The van der Waals surface area contributed by atoms with Crippen LogP contribution in [0.3, 0.4) is 0 Å². The molecule has 0 bridgehead atoms. The van der Waals surface area contributed by atoms with E-state index in [1.165, 1.54) is 23.5 Å². The van der Waals surface area contributed by atoms with E-state index < -0.39 is 5.97 Å². The molecular formula is C21H17N3O3. The Hall–Kier alpha value is -3.54. The number of amides is 1. The molecule has 4 rings (SSSR count). The first kappa shape index (κ1) is 16.9. The number of nitrogens with one attached hydrogen (secondary N) is 1. The van der Waals surface area contributed by atoms with Gasteiger partial charge in [0.05, 0.1) is 24.1 Å². The predicted molar refractivity (Wildman–Crippen MR) is 99.4 cm³/mol. The number of carbonyl (C=O) groups excluding carboxylic acids is 1. The Morgan fingerprint density at radius 3 is 2.78 bits per heavy atom. The van der Waals surface area contributed by atoms with E-state index in [0.29, 0.717) is 16.8 Å². The molecule has 27 heavy (non-hydrogen) atoms. The first-order valence-electron chi connectivity index (χ1n) is 8.66. The average Bonchev–Trinajstić information content (AvgIpc) is 3.11. The lowest BCUT2D eigenvalue weighted by Crippen LogP contribution is -2.27. The van der Waals surface area contributed by atoms with Crippen molar-refractivity contribution < 1.29 is 14.7 Å². The van der Waals surface area contributed by atoms with Crippen LogP contribution in [0.4, 0.5) is 0 Å². The van der Waals surface area contributed by atoms with Gasteiger partial charge in [-0.15, -0.1) is 0 Å². The number of carboxylic acids is 1. The molecule has 0 saturated carbocycles. The van der Waals surface area contributed by atoms with Gasteiger partial charge in [0.15, 0.2) is 5.69 Å². The number of benzene rings is 2. The Kier molecular flexibility index (Phi) is 4.38. The highest BCUT2D eigenvalue weighted by Crippen LogP contribution is 2.31. The number of fused-ring (bicyclic) bond motifs is 1. The topological polar surface area (TPSA) is 92.2 Å². The zero-order valence-electron chi connectivity index (χ0n) is 14.4. The van der Waals surface area contributed by atoms with Crippen molar-refractivity contribution in [2.45, 2.75) is 18.9 Å². The second-order valence-electron chi connectivity index (χ2n) is 6.44. The molecule has 0 aliphatic heterocycles. The standard InChI is InChI=1S/C21H17N3O3/c25-20(24-17-9-8-13-4-1-2-7-16(13)17)15-6-3-5-14(10-15)18-11-22-12-19(23-18)21(26)27/h1-7,10-12,17H,8-9H2,(H,24,25)(H,26,27)/t17-/m1/s1. The number of aromatic nitrogens is 2. The van der Waals surface area contributed by atoms with Gasteiger partial charge in [0, 0.05) is 11.1 Å². The Morgan fingerprint density at radius 2 is 1.93 bits per heavy atom. The monoisotopic (exact) mass is 359 g/mol. The second kappa shape index (κ2) is 6.99. The average molecular weight is 359 g/mol. The molecule has 0 saturated heterocycles. The molecule has 0 radical (unpaired) electrons. The van der Waals surface area contributed by atoms with Crippen molar-refractivity contribution in [2.24, 2.45) is 0 Å². The summed E-state index contributed by atoms with van der Waals surface area (Å²) >= 11 is 0. The highest BCUT2D eigenvalue weighted by atomic mass is 16.4. The maximum atomic E-state index is 12.7. The van der Waals surface area contributed by atoms with E-state index in [1.807, 2.05) is 12.1 Å². The molecule has 1 aromatic heterocycles. The zero-order valence-corrected chi connectivity index (χ0v) is 14.4. The molecule has 1 aliphatic rings. The van der Waals surface area contributed by atoms with E-state index in [0.717, 1.165) is 12.8 Å². The van der Waals surface area contributed by atoms with Gasteiger partial charge in [0.1, 0.15) is 0 Å². The van der Waals surface area contributed by atoms with Crippen molar-refractivity contribution in [3.63, 3.8) is 0 Å². The van der Waals surface area contributed by atoms with Crippen molar-refractivity contribution in [2.75, 3.05) is 0 Å². The van der Waals surface area contributed by atoms with Gasteiger partial charge in [0.2, 0.25) is 0 Å². The predicted octanol–water partition coefficient (Wildman–Crippen LogP) is 3.26. The molecule has 1 aliphatic carbocycles. The van der Waals surface area contributed by atoms with Crippen LogP contribution in [0.5, 0.6) is 0 Å². The van der Waals surface area contributed by atoms with Crippen LogP contribution in [0.1, 0.15) is 44.4 Å². The number of hydrogen-bond acceptors (Lipinski definition) is 4. The van der Waals surface area contributed by atoms with Crippen LogP contribution in [0.25, 0.3) is 11.3 Å². The van der Waals surface area contributed by atoms with Crippen molar-refractivity contribution >= 4 is 11.9 Å². The van der Waals surface area contributed by atoms with Crippen molar-refractivity contribution in [3.05, 3.63) is 83.3 Å². The Balaban J connectivity index is 1.57. The number of rotatable bonds is 4. The van der Waals surface area contributed by atoms with Crippen LogP contribution in [-0.4, -0.2) is 27.0 Å². The fourth-order valence-electron chi connectivity index (χ4n) is 3.38. The number of aromatic carboxylic acids is 1. The van der Waals surface area contributed by atoms with Gasteiger partial charge in [-0.2, -0.15) is 0 Å². The summed E-state index contributed by atoms with van der Waals surface area (Å²) in [6.45, 7) is 0. The molecule has 1 amide bonds. The van der Waals surface area contributed by atoms with E-state index in [1.54, 1.807) is 24.3 Å². The van der Waals surface area contributed by atoms with Crippen molar-refractivity contribution in [1.29, 1.82) is 0 Å². The number of aryl methyl sites for hydroxylation is 1. The first-order chi connectivity index (χ1) is 13.1. The largest absolute Gasteiger partial charge is 0.476 e. The molecular weight excluding hydrogens is 342 g/mol. The molecule has 0 unspecified atom stereocenters. The van der Waals surface area contributed by atoms with Crippen LogP contribution in [-0.2, 0) is 6.42 Å². The number of carbonyl (C=O) groups is 2. The number of hydrogen-bond donors (Lipinski definition) is 2. The second-order valence-corrected chi connectivity index (χ2v) is 6.44. The van der Waals surface area contributed by atoms with E-state index in [2.05, 4.69) is 27.4 Å². The molecule has 6 nitrogen and oxygen atoms in total. The third-order valence-electron chi connectivity index (χ3n) is 4.71. The lowest BCUT2D eigenvalue weighted by Gasteiger charge is -2.14. The van der Waals surface area contributed by atoms with Gasteiger partial charge in [-0.1, -0.05) is 36.4 Å². The lowest BCUT2D eigenvalue weighted by molar-refractivity contribution is 0.0689. The highest BCUT2D eigenvalue weighted by molar-refractivity contribution is 5.95. The molecule has 0 spiro atoms. The van der Waals surface area contributed by atoms with E-state index in [4.69, 9.17) is 5.11 Å². The minimum atomic E-state index is -1.14. The first-order valence-corrected chi connectivity index (χ1v) is 8.66. The molecule has 2 aromatic carbocycles. The highest BCUT2D eigenvalue weighted by Gasteiger charge is 2.23. The summed E-state index contributed by atoms with van der Waals surface area (Å²) < 4.78 is 0. The van der Waals surface area contributed by atoms with E-state index >= 15 is 0 Å². The normalized spacial score (nSPS) is 15.2. The summed E-state index contributed by atoms with van der Waals surface area (Å²) in [6, 6.07) is 15.1. The van der Waals surface area contributed by atoms with Gasteiger partial charge in [-0.05, 0) is 36.1 Å². The lowest BCUT2D eigenvalue weighted by atomic mass is 10.1. The molecule has 0 fully saturated rings. The zero-order chi connectivity index (χ0) is 18.8. The SMILES string of the molecule is O=C(N[C@@H]1CCc2ccccc21)c1cccc(-c2cncc(C(=O)O)n2)c1. The minimum Gasteiger partial charge on any atom is -0.476 e. The summed E-state index contributed by atoms with van der Waals surface area (Å²) in [6.07, 6.45) is 4.52. The van der Waals surface area contributed by atoms with Gasteiger partial charge in [0.25, 0.3) is 5.91 Å². The van der Waals surface area contributed by atoms with E-state index in [9.17, 15) is 9.59 Å². The number of nitrogens with zero attached hydrogens (tertiary/aromatic N) is 2. The van der Waals surface area contributed by atoms with Crippen LogP contribution in [0.15, 0.2) is 60.9 Å². The number of carboxylic acid groups (broad SMARTS) is 1. The Morgan fingerprint density at radius 1 is 1.07 bits per heavy atom.